The Hall–Kier alpha value is -3.67. The standard InChI is InChI=1S/C30H35FN2O3/c1-21(2)25-15-9-11-17-28(25)36-20-29(34)33(19-24-14-8-10-16-26(24)31)27(30(35)32-22(3)4)18-23-12-6-5-7-13-23/h5-17,21-22,27H,18-20H2,1-4H3,(H,32,35)/t27-/m1/s1. The molecule has 0 radical (unpaired) electrons. The second-order valence-corrected chi connectivity index (χ2v) is 9.46. The molecule has 5 nitrogen and oxygen atoms in total. The van der Waals surface area contributed by atoms with Crippen molar-refractivity contribution in [3.63, 3.8) is 0 Å². The summed E-state index contributed by atoms with van der Waals surface area (Å²) >= 11 is 0. The van der Waals surface area contributed by atoms with Crippen molar-refractivity contribution in [2.24, 2.45) is 0 Å². The number of hydrogen-bond donors (Lipinski definition) is 1. The van der Waals surface area contributed by atoms with Crippen molar-refractivity contribution in [1.29, 1.82) is 0 Å². The van der Waals surface area contributed by atoms with E-state index >= 15 is 0 Å². The van der Waals surface area contributed by atoms with Crippen molar-refractivity contribution in [1.82, 2.24) is 10.2 Å². The first-order chi connectivity index (χ1) is 17.3. The lowest BCUT2D eigenvalue weighted by molar-refractivity contribution is -0.143. The van der Waals surface area contributed by atoms with Gasteiger partial charge in [0.15, 0.2) is 6.61 Å². The van der Waals surface area contributed by atoms with Gasteiger partial charge in [-0.1, -0.05) is 80.6 Å². The van der Waals surface area contributed by atoms with Gasteiger partial charge < -0.3 is 15.0 Å². The number of rotatable bonds is 11. The molecule has 1 N–H and O–H groups in total. The Kier molecular flexibility index (Phi) is 9.62. The zero-order valence-corrected chi connectivity index (χ0v) is 21.4. The molecule has 0 fully saturated rings. The summed E-state index contributed by atoms with van der Waals surface area (Å²) in [6.45, 7) is 7.53. The number of hydrogen-bond acceptors (Lipinski definition) is 3. The summed E-state index contributed by atoms with van der Waals surface area (Å²) in [5, 5.41) is 2.93. The van der Waals surface area contributed by atoms with Gasteiger partial charge in [0, 0.05) is 24.6 Å². The number of carbonyl (C=O) groups excluding carboxylic acids is 2. The average Bonchev–Trinajstić information content (AvgIpc) is 2.86. The summed E-state index contributed by atoms with van der Waals surface area (Å²) in [7, 11) is 0. The number of amides is 2. The molecule has 0 heterocycles. The van der Waals surface area contributed by atoms with Gasteiger partial charge in [0.2, 0.25) is 5.91 Å². The summed E-state index contributed by atoms with van der Waals surface area (Å²) in [4.78, 5) is 28.4. The molecule has 3 rings (SSSR count). The van der Waals surface area contributed by atoms with E-state index in [0.717, 1.165) is 11.1 Å². The van der Waals surface area contributed by atoms with Crippen molar-refractivity contribution in [3.05, 3.63) is 101 Å². The van der Waals surface area contributed by atoms with Crippen LogP contribution in [0.1, 0.15) is 50.3 Å². The fourth-order valence-electron chi connectivity index (χ4n) is 4.06. The quantitative estimate of drug-likeness (QED) is 0.387. The molecule has 2 amide bonds. The predicted octanol–water partition coefficient (Wildman–Crippen LogP) is 5.49. The molecule has 3 aromatic carbocycles. The van der Waals surface area contributed by atoms with Crippen LogP contribution in [0.2, 0.25) is 0 Å². The maximum atomic E-state index is 14.6. The summed E-state index contributed by atoms with van der Waals surface area (Å²) in [6.07, 6.45) is 0.294. The van der Waals surface area contributed by atoms with E-state index in [9.17, 15) is 14.0 Å². The SMILES string of the molecule is CC(C)NC(=O)[C@@H](Cc1ccccc1)N(Cc1ccccc1F)C(=O)COc1ccccc1C(C)C. The van der Waals surface area contributed by atoms with Crippen molar-refractivity contribution in [3.8, 4) is 5.75 Å². The third kappa shape index (κ3) is 7.41. The van der Waals surface area contributed by atoms with E-state index in [-0.39, 0.29) is 31.0 Å². The lowest BCUT2D eigenvalue weighted by Crippen LogP contribution is -2.53. The number of para-hydroxylation sites is 1. The largest absolute Gasteiger partial charge is 0.483 e. The van der Waals surface area contributed by atoms with Gasteiger partial charge in [-0.2, -0.15) is 0 Å². The lowest BCUT2D eigenvalue weighted by atomic mass is 10.0. The number of benzene rings is 3. The van der Waals surface area contributed by atoms with Crippen LogP contribution in [-0.4, -0.2) is 35.4 Å². The number of carbonyl (C=O) groups is 2. The average molecular weight is 491 g/mol. The highest BCUT2D eigenvalue weighted by Gasteiger charge is 2.31. The van der Waals surface area contributed by atoms with Crippen LogP contribution in [0.4, 0.5) is 4.39 Å². The Morgan fingerprint density at radius 3 is 2.19 bits per heavy atom. The molecule has 0 saturated carbocycles. The van der Waals surface area contributed by atoms with E-state index in [1.165, 1.54) is 11.0 Å². The normalized spacial score (nSPS) is 11.9. The molecular formula is C30H35FN2O3. The topological polar surface area (TPSA) is 58.6 Å². The molecule has 0 bridgehead atoms. The van der Waals surface area contributed by atoms with Crippen LogP contribution in [0.5, 0.6) is 5.75 Å². The Bertz CT molecular complexity index is 1150. The van der Waals surface area contributed by atoms with E-state index in [0.29, 0.717) is 17.7 Å². The predicted molar refractivity (Wildman–Crippen MR) is 140 cm³/mol. The zero-order chi connectivity index (χ0) is 26.1. The molecule has 190 valence electrons. The van der Waals surface area contributed by atoms with E-state index in [1.807, 2.05) is 68.4 Å². The molecule has 0 saturated heterocycles. The first kappa shape index (κ1) is 26.9. The van der Waals surface area contributed by atoms with E-state index in [1.54, 1.807) is 18.2 Å². The number of nitrogens with one attached hydrogen (secondary N) is 1. The number of halogens is 1. The summed E-state index contributed by atoms with van der Waals surface area (Å²) < 4.78 is 20.6. The van der Waals surface area contributed by atoms with Gasteiger partial charge in [-0.05, 0) is 43.0 Å². The Morgan fingerprint density at radius 2 is 1.53 bits per heavy atom. The molecular weight excluding hydrogens is 455 g/mol. The van der Waals surface area contributed by atoms with Gasteiger partial charge in [0.1, 0.15) is 17.6 Å². The minimum absolute atomic E-state index is 0.0519. The molecule has 0 aliphatic heterocycles. The number of ether oxygens (including phenoxy) is 1. The van der Waals surface area contributed by atoms with Crippen LogP contribution in [0, 0.1) is 5.82 Å². The second kappa shape index (κ2) is 12.9. The second-order valence-electron chi connectivity index (χ2n) is 9.46. The van der Waals surface area contributed by atoms with Gasteiger partial charge in [-0.3, -0.25) is 9.59 Å². The molecule has 3 aromatic rings. The van der Waals surface area contributed by atoms with Crippen molar-refractivity contribution >= 4 is 11.8 Å². The van der Waals surface area contributed by atoms with Crippen LogP contribution in [0.3, 0.4) is 0 Å². The lowest BCUT2D eigenvalue weighted by Gasteiger charge is -2.32. The van der Waals surface area contributed by atoms with Crippen molar-refractivity contribution < 1.29 is 18.7 Å². The highest BCUT2D eigenvalue weighted by Crippen LogP contribution is 2.26. The van der Waals surface area contributed by atoms with Gasteiger partial charge in [0.25, 0.3) is 5.91 Å². The fraction of sp³-hybridized carbons (Fsp3) is 0.333. The Morgan fingerprint density at radius 1 is 0.889 bits per heavy atom. The van der Waals surface area contributed by atoms with Crippen LogP contribution >= 0.6 is 0 Å². The summed E-state index contributed by atoms with van der Waals surface area (Å²) in [6, 6.07) is 22.4. The van der Waals surface area contributed by atoms with Gasteiger partial charge >= 0.3 is 0 Å². The Balaban J connectivity index is 1.94. The van der Waals surface area contributed by atoms with E-state index < -0.39 is 17.8 Å². The molecule has 0 spiro atoms. The minimum Gasteiger partial charge on any atom is -0.483 e. The fourth-order valence-corrected chi connectivity index (χ4v) is 4.06. The maximum Gasteiger partial charge on any atom is 0.261 e. The van der Waals surface area contributed by atoms with E-state index in [2.05, 4.69) is 19.2 Å². The molecule has 36 heavy (non-hydrogen) atoms. The Labute approximate surface area is 213 Å². The third-order valence-corrected chi connectivity index (χ3v) is 5.89. The minimum atomic E-state index is -0.842. The van der Waals surface area contributed by atoms with E-state index in [4.69, 9.17) is 4.74 Å². The van der Waals surface area contributed by atoms with Crippen molar-refractivity contribution in [2.45, 2.75) is 58.7 Å². The van der Waals surface area contributed by atoms with Gasteiger partial charge in [0.05, 0.1) is 0 Å². The van der Waals surface area contributed by atoms with Gasteiger partial charge in [-0.15, -0.1) is 0 Å². The monoisotopic (exact) mass is 490 g/mol. The maximum absolute atomic E-state index is 14.6. The van der Waals surface area contributed by atoms with Crippen LogP contribution < -0.4 is 10.1 Å². The van der Waals surface area contributed by atoms with Crippen LogP contribution in [0.15, 0.2) is 78.9 Å². The highest BCUT2D eigenvalue weighted by atomic mass is 19.1. The van der Waals surface area contributed by atoms with Crippen LogP contribution in [0.25, 0.3) is 0 Å². The first-order valence-electron chi connectivity index (χ1n) is 12.3. The first-order valence-corrected chi connectivity index (χ1v) is 12.3. The third-order valence-electron chi connectivity index (χ3n) is 5.89. The molecule has 0 unspecified atom stereocenters. The molecule has 6 heteroatoms. The van der Waals surface area contributed by atoms with Gasteiger partial charge in [-0.25, -0.2) is 4.39 Å². The smallest absolute Gasteiger partial charge is 0.261 e. The zero-order valence-electron chi connectivity index (χ0n) is 21.4. The highest BCUT2D eigenvalue weighted by molar-refractivity contribution is 5.88. The van der Waals surface area contributed by atoms with Crippen LogP contribution in [-0.2, 0) is 22.6 Å². The number of nitrogens with zero attached hydrogens (tertiary/aromatic N) is 1. The van der Waals surface area contributed by atoms with Crippen molar-refractivity contribution in [2.75, 3.05) is 6.61 Å². The molecule has 0 aliphatic rings. The summed E-state index contributed by atoms with van der Waals surface area (Å²) in [5.74, 6) is -0.270. The molecule has 0 aliphatic carbocycles. The summed E-state index contributed by atoms with van der Waals surface area (Å²) in [5.41, 5.74) is 2.23. The molecule has 0 aromatic heterocycles. The molecule has 1 atom stereocenters.